The third-order valence-corrected chi connectivity index (χ3v) is 12.2. The summed E-state index contributed by atoms with van der Waals surface area (Å²) in [5.74, 6) is -0.271. The highest BCUT2D eigenvalue weighted by Gasteiger charge is 2.44. The average molecular weight is 938 g/mol. The Balaban J connectivity index is 2.34. The zero-order valence-electron chi connectivity index (χ0n) is 42.4. The maximum Gasteiger partial charge on any atom is 0.220 e. The molecule has 0 aromatic carbocycles. The number of hydrogen-bond acceptors (Lipinski definition) is 8. The van der Waals surface area contributed by atoms with Crippen LogP contribution in [-0.2, 0) is 14.3 Å². The van der Waals surface area contributed by atoms with Crippen molar-refractivity contribution in [3.63, 3.8) is 0 Å². The molecule has 0 aromatic rings. The predicted molar refractivity (Wildman–Crippen MR) is 281 cm³/mol. The number of nitrogens with one attached hydrogen (secondary N) is 1. The van der Waals surface area contributed by atoms with Gasteiger partial charge in [0.05, 0.1) is 25.4 Å². The van der Waals surface area contributed by atoms with E-state index in [1.807, 2.05) is 18.2 Å². The molecule has 9 heteroatoms. The van der Waals surface area contributed by atoms with Crippen molar-refractivity contribution in [3.8, 4) is 0 Å². The molecule has 9 nitrogen and oxygen atoms in total. The molecule has 1 aliphatic heterocycles. The molecule has 7 unspecified atom stereocenters. The summed E-state index contributed by atoms with van der Waals surface area (Å²) in [7, 11) is 0. The molecule has 7 atom stereocenters. The molecule has 0 aliphatic carbocycles. The molecule has 0 spiro atoms. The van der Waals surface area contributed by atoms with E-state index in [4.69, 9.17) is 9.47 Å². The summed E-state index contributed by atoms with van der Waals surface area (Å²) in [5, 5.41) is 54.3. The molecule has 6 N–H and O–H groups in total. The van der Waals surface area contributed by atoms with E-state index in [-0.39, 0.29) is 18.9 Å². The Hall–Kier alpha value is -2.89. The first-order valence-electron chi connectivity index (χ1n) is 27.0. The van der Waals surface area contributed by atoms with Gasteiger partial charge in [-0.15, -0.1) is 0 Å². The van der Waals surface area contributed by atoms with Gasteiger partial charge in [-0.25, -0.2) is 0 Å². The molecule has 0 radical (unpaired) electrons. The van der Waals surface area contributed by atoms with E-state index in [1.54, 1.807) is 6.08 Å². The zero-order chi connectivity index (χ0) is 48.7. The highest BCUT2D eigenvalue weighted by atomic mass is 16.7. The lowest BCUT2D eigenvalue weighted by Gasteiger charge is -2.40. The topological polar surface area (TPSA) is 149 Å². The van der Waals surface area contributed by atoms with Gasteiger partial charge in [-0.2, -0.15) is 0 Å². The fraction of sp³-hybridized carbons (Fsp3) is 0.707. The molecule has 67 heavy (non-hydrogen) atoms. The summed E-state index contributed by atoms with van der Waals surface area (Å²) in [6.07, 6.45) is 60.5. The maximum atomic E-state index is 13.0. The van der Waals surface area contributed by atoms with E-state index in [9.17, 15) is 30.3 Å². The van der Waals surface area contributed by atoms with E-state index in [2.05, 4.69) is 92.1 Å². The number of hydrogen-bond donors (Lipinski definition) is 6. The van der Waals surface area contributed by atoms with Crippen molar-refractivity contribution in [2.45, 2.75) is 249 Å². The number of carbonyl (C=O) groups excluding carboxylic acids is 1. The number of carbonyl (C=O) groups is 1. The third kappa shape index (κ3) is 36.7. The summed E-state index contributed by atoms with van der Waals surface area (Å²) in [6.45, 7) is 3.60. The predicted octanol–water partition coefficient (Wildman–Crippen LogP) is 12.8. The maximum absolute atomic E-state index is 13.0. The Morgan fingerprint density at radius 3 is 1.42 bits per heavy atom. The number of unbranched alkanes of at least 4 members (excludes halogenated alkanes) is 20. The van der Waals surface area contributed by atoms with Crippen molar-refractivity contribution in [2.24, 2.45) is 0 Å². The molecule has 1 rings (SSSR count). The Bertz CT molecular complexity index is 1370. The van der Waals surface area contributed by atoms with Crippen LogP contribution in [0.15, 0.2) is 97.2 Å². The molecule has 0 bridgehead atoms. The number of aliphatic hydroxyl groups is 5. The second-order valence-corrected chi connectivity index (χ2v) is 18.3. The number of aliphatic hydroxyl groups excluding tert-OH is 5. The Morgan fingerprint density at radius 2 is 0.940 bits per heavy atom. The fourth-order valence-electron chi connectivity index (χ4n) is 7.90. The van der Waals surface area contributed by atoms with Gasteiger partial charge in [0.1, 0.15) is 24.4 Å². The number of allylic oxidation sites excluding steroid dienone is 15. The standard InChI is InChI=1S/C58H99NO8/c1-3-5-7-9-11-13-15-17-19-21-23-24-25-26-27-28-30-31-33-35-37-39-41-43-45-47-52(61)51(50-66-58-57(65)56(64)55(63)53(49-60)67-58)59-54(62)48-46-44-42-40-38-36-34-32-29-22-20-18-16-14-12-10-8-6-4-2/h6,8,12,14,18,20,29,32,36-39,42,44-45,47,51-53,55-58,60-61,63-65H,3-5,7,9-11,13,15-17,19,21-28,30-31,33-35,40-41,43,46,48-50H2,1-2H3,(H,59,62)/b8-6-,14-12-,20-18-,32-29-,38-36-,39-37+,44-42-,47-45+. The van der Waals surface area contributed by atoms with Crippen molar-refractivity contribution in [3.05, 3.63) is 97.2 Å². The minimum atomic E-state index is -1.59. The lowest BCUT2D eigenvalue weighted by atomic mass is 9.99. The van der Waals surface area contributed by atoms with Crippen molar-refractivity contribution in [2.75, 3.05) is 13.2 Å². The first-order valence-corrected chi connectivity index (χ1v) is 27.0. The van der Waals surface area contributed by atoms with Crippen LogP contribution in [-0.4, -0.2) is 87.5 Å². The van der Waals surface area contributed by atoms with E-state index in [0.29, 0.717) is 6.42 Å². The van der Waals surface area contributed by atoms with Crippen LogP contribution in [0.25, 0.3) is 0 Å². The third-order valence-electron chi connectivity index (χ3n) is 12.2. The van der Waals surface area contributed by atoms with Gasteiger partial charge in [0.15, 0.2) is 6.29 Å². The van der Waals surface area contributed by atoms with Gasteiger partial charge in [-0.05, 0) is 70.6 Å². The van der Waals surface area contributed by atoms with E-state index in [1.165, 1.54) is 122 Å². The van der Waals surface area contributed by atoms with Crippen molar-refractivity contribution in [1.82, 2.24) is 5.32 Å². The van der Waals surface area contributed by atoms with Gasteiger partial charge in [-0.3, -0.25) is 4.79 Å². The molecule has 1 amide bonds. The Morgan fingerprint density at radius 1 is 0.522 bits per heavy atom. The Kier molecular flexibility index (Phi) is 43.4. The average Bonchev–Trinajstić information content (AvgIpc) is 3.33. The van der Waals surface area contributed by atoms with Crippen LogP contribution in [0.3, 0.4) is 0 Å². The highest BCUT2D eigenvalue weighted by molar-refractivity contribution is 5.76. The molecule has 1 heterocycles. The normalized spacial score (nSPS) is 20.5. The highest BCUT2D eigenvalue weighted by Crippen LogP contribution is 2.22. The van der Waals surface area contributed by atoms with Crippen LogP contribution < -0.4 is 5.32 Å². The van der Waals surface area contributed by atoms with Crippen molar-refractivity contribution >= 4 is 5.91 Å². The first-order chi connectivity index (χ1) is 32.8. The minimum absolute atomic E-state index is 0.208. The molecule has 1 aliphatic rings. The molecule has 1 fully saturated rings. The summed E-state index contributed by atoms with van der Waals surface area (Å²) in [5.41, 5.74) is 0. The van der Waals surface area contributed by atoms with Gasteiger partial charge in [0.2, 0.25) is 5.91 Å². The quantitative estimate of drug-likeness (QED) is 0.0261. The largest absolute Gasteiger partial charge is 0.394 e. The van der Waals surface area contributed by atoms with Gasteiger partial charge >= 0.3 is 0 Å². The van der Waals surface area contributed by atoms with Gasteiger partial charge in [-0.1, -0.05) is 227 Å². The second kappa shape index (κ2) is 46.8. The summed E-state index contributed by atoms with van der Waals surface area (Å²) in [4.78, 5) is 13.0. The van der Waals surface area contributed by atoms with Crippen LogP contribution in [0.2, 0.25) is 0 Å². The lowest BCUT2D eigenvalue weighted by Crippen LogP contribution is -2.60. The lowest BCUT2D eigenvalue weighted by molar-refractivity contribution is -0.302. The van der Waals surface area contributed by atoms with E-state index < -0.39 is 49.5 Å². The van der Waals surface area contributed by atoms with Crippen LogP contribution in [0.1, 0.15) is 206 Å². The number of ether oxygens (including phenoxy) is 2. The molecular weight excluding hydrogens is 839 g/mol. The van der Waals surface area contributed by atoms with Gasteiger partial charge in [0.25, 0.3) is 0 Å². The van der Waals surface area contributed by atoms with Gasteiger partial charge in [0, 0.05) is 6.42 Å². The molecule has 1 saturated heterocycles. The molecule has 0 saturated carbocycles. The SMILES string of the molecule is CC/C=C\C/C=C\C/C=C\C/C=C\C/C=C\C/C=C\CCC(=O)NC(COC1OC(CO)C(O)C(O)C1O)C(O)/C=C/CC/C=C/CCCCCCCCCCCCCCCCCCCCC. The fourth-order valence-corrected chi connectivity index (χ4v) is 7.90. The van der Waals surface area contributed by atoms with E-state index >= 15 is 0 Å². The summed E-state index contributed by atoms with van der Waals surface area (Å²) < 4.78 is 11.2. The number of amides is 1. The number of rotatable bonds is 44. The van der Waals surface area contributed by atoms with Crippen molar-refractivity contribution in [1.29, 1.82) is 0 Å². The zero-order valence-corrected chi connectivity index (χ0v) is 42.4. The van der Waals surface area contributed by atoms with Crippen LogP contribution in [0.4, 0.5) is 0 Å². The van der Waals surface area contributed by atoms with Crippen LogP contribution in [0, 0.1) is 0 Å². The van der Waals surface area contributed by atoms with E-state index in [0.717, 1.165) is 57.8 Å². The monoisotopic (exact) mass is 938 g/mol. The molecular formula is C58H99NO8. The van der Waals surface area contributed by atoms with Crippen LogP contribution in [0.5, 0.6) is 0 Å². The van der Waals surface area contributed by atoms with Gasteiger partial charge < -0.3 is 40.3 Å². The van der Waals surface area contributed by atoms with Crippen LogP contribution >= 0.6 is 0 Å². The molecule has 384 valence electrons. The smallest absolute Gasteiger partial charge is 0.220 e. The van der Waals surface area contributed by atoms with Crippen molar-refractivity contribution < 1.29 is 39.8 Å². The summed E-state index contributed by atoms with van der Waals surface area (Å²) >= 11 is 0. The first kappa shape index (κ1) is 62.1. The minimum Gasteiger partial charge on any atom is -0.394 e. The Labute approximate surface area is 409 Å². The molecule has 0 aromatic heterocycles. The summed E-state index contributed by atoms with van der Waals surface area (Å²) in [6, 6.07) is -0.869. The second-order valence-electron chi connectivity index (χ2n) is 18.3.